The van der Waals surface area contributed by atoms with Gasteiger partial charge in [0.05, 0.1) is 0 Å². The van der Waals surface area contributed by atoms with Crippen molar-refractivity contribution in [2.45, 2.75) is 71.8 Å². The van der Waals surface area contributed by atoms with Crippen molar-refractivity contribution in [2.75, 3.05) is 17.7 Å². The quantitative estimate of drug-likeness (QED) is 0.901. The van der Waals surface area contributed by atoms with Crippen LogP contribution in [0, 0.1) is 5.41 Å². The van der Waals surface area contributed by atoms with Gasteiger partial charge in [-0.3, -0.25) is 0 Å². The molecule has 1 saturated carbocycles. The molecule has 0 unspecified atom stereocenters. The molecule has 1 fully saturated rings. The summed E-state index contributed by atoms with van der Waals surface area (Å²) in [5.41, 5.74) is 6.39. The van der Waals surface area contributed by atoms with Gasteiger partial charge in [0.1, 0.15) is 17.5 Å². The first-order chi connectivity index (χ1) is 9.58. The van der Waals surface area contributed by atoms with Crippen LogP contribution in [0.4, 0.5) is 11.6 Å². The second kappa shape index (κ2) is 5.47. The van der Waals surface area contributed by atoms with E-state index in [0.717, 1.165) is 11.6 Å². The number of rotatable bonds is 2. The highest BCUT2D eigenvalue weighted by atomic mass is 15.2. The van der Waals surface area contributed by atoms with E-state index in [1.807, 2.05) is 6.07 Å². The smallest absolute Gasteiger partial charge is 0.138 e. The second-order valence-corrected chi connectivity index (χ2v) is 8.23. The highest BCUT2D eigenvalue weighted by Crippen LogP contribution is 2.37. The molecule has 2 N–H and O–H groups in total. The number of nitrogen functional groups attached to an aromatic ring is 1. The lowest BCUT2D eigenvalue weighted by atomic mass is 9.75. The van der Waals surface area contributed by atoms with Crippen molar-refractivity contribution in [3.63, 3.8) is 0 Å². The molecule has 1 aliphatic rings. The van der Waals surface area contributed by atoms with Gasteiger partial charge in [-0.1, -0.05) is 34.6 Å². The Morgan fingerprint density at radius 1 is 1.19 bits per heavy atom. The van der Waals surface area contributed by atoms with E-state index in [-0.39, 0.29) is 5.41 Å². The standard InChI is InChI=1S/C17H30N4/c1-16(2,3)15-19-13(18)11-14(20-15)21(6)12-7-9-17(4,5)10-8-12/h11-12H,7-10H2,1-6H3,(H2,18,19,20). The number of aromatic nitrogens is 2. The van der Waals surface area contributed by atoms with Crippen LogP contribution in [-0.4, -0.2) is 23.1 Å². The fourth-order valence-electron chi connectivity index (χ4n) is 2.93. The van der Waals surface area contributed by atoms with Crippen LogP contribution in [0.2, 0.25) is 0 Å². The molecule has 118 valence electrons. The summed E-state index contributed by atoms with van der Waals surface area (Å²) in [7, 11) is 2.14. The maximum Gasteiger partial charge on any atom is 0.138 e. The zero-order chi connectivity index (χ0) is 15.8. The van der Waals surface area contributed by atoms with Crippen molar-refractivity contribution in [1.29, 1.82) is 0 Å². The lowest BCUT2D eigenvalue weighted by Gasteiger charge is -2.39. The van der Waals surface area contributed by atoms with Gasteiger partial charge in [0.25, 0.3) is 0 Å². The fourth-order valence-corrected chi connectivity index (χ4v) is 2.93. The topological polar surface area (TPSA) is 55.0 Å². The molecule has 1 aromatic heterocycles. The Balaban J connectivity index is 2.20. The van der Waals surface area contributed by atoms with Gasteiger partial charge in [-0.25, -0.2) is 9.97 Å². The predicted molar refractivity (Wildman–Crippen MR) is 89.6 cm³/mol. The Morgan fingerprint density at radius 3 is 2.29 bits per heavy atom. The Kier molecular flexibility index (Phi) is 4.18. The Hall–Kier alpha value is -1.32. The molecule has 4 heteroatoms. The Morgan fingerprint density at radius 2 is 1.76 bits per heavy atom. The van der Waals surface area contributed by atoms with Crippen molar-refractivity contribution in [2.24, 2.45) is 5.41 Å². The lowest BCUT2D eigenvalue weighted by molar-refractivity contribution is 0.222. The molecule has 0 aliphatic heterocycles. The molecule has 0 saturated heterocycles. The monoisotopic (exact) mass is 290 g/mol. The van der Waals surface area contributed by atoms with Gasteiger partial charge in [-0.05, 0) is 31.1 Å². The van der Waals surface area contributed by atoms with Gasteiger partial charge in [0.15, 0.2) is 0 Å². The third-order valence-corrected chi connectivity index (χ3v) is 4.62. The second-order valence-electron chi connectivity index (χ2n) is 8.23. The molecule has 21 heavy (non-hydrogen) atoms. The summed E-state index contributed by atoms with van der Waals surface area (Å²) in [4.78, 5) is 11.4. The van der Waals surface area contributed by atoms with E-state index >= 15 is 0 Å². The van der Waals surface area contributed by atoms with E-state index in [1.165, 1.54) is 25.7 Å². The molecule has 0 spiro atoms. The third kappa shape index (κ3) is 3.86. The van der Waals surface area contributed by atoms with Crippen LogP contribution < -0.4 is 10.6 Å². The molecule has 2 rings (SSSR count). The Labute approximate surface area is 129 Å². The number of nitrogens with zero attached hydrogens (tertiary/aromatic N) is 3. The predicted octanol–water partition coefficient (Wildman–Crippen LogP) is 3.76. The van der Waals surface area contributed by atoms with Crippen molar-refractivity contribution in [1.82, 2.24) is 9.97 Å². The van der Waals surface area contributed by atoms with Crippen molar-refractivity contribution < 1.29 is 0 Å². The average molecular weight is 290 g/mol. The highest BCUT2D eigenvalue weighted by Gasteiger charge is 2.30. The summed E-state index contributed by atoms with van der Waals surface area (Å²) >= 11 is 0. The minimum absolute atomic E-state index is 0.0838. The average Bonchev–Trinajstić information content (AvgIpc) is 2.36. The number of anilines is 2. The van der Waals surface area contributed by atoms with E-state index in [0.29, 0.717) is 17.3 Å². The fraction of sp³-hybridized carbons (Fsp3) is 0.765. The summed E-state index contributed by atoms with van der Waals surface area (Å²) in [6.07, 6.45) is 4.99. The molecule has 1 aromatic rings. The van der Waals surface area contributed by atoms with E-state index in [4.69, 9.17) is 10.7 Å². The first kappa shape index (κ1) is 16.1. The largest absolute Gasteiger partial charge is 0.384 e. The maximum absolute atomic E-state index is 5.99. The first-order valence-corrected chi connectivity index (χ1v) is 7.96. The first-order valence-electron chi connectivity index (χ1n) is 7.96. The zero-order valence-corrected chi connectivity index (χ0v) is 14.4. The van der Waals surface area contributed by atoms with Crippen LogP contribution in [0.25, 0.3) is 0 Å². The van der Waals surface area contributed by atoms with Gasteiger partial charge in [-0.15, -0.1) is 0 Å². The summed E-state index contributed by atoms with van der Waals surface area (Å²) < 4.78 is 0. The van der Waals surface area contributed by atoms with E-state index in [9.17, 15) is 0 Å². The van der Waals surface area contributed by atoms with E-state index in [1.54, 1.807) is 0 Å². The maximum atomic E-state index is 5.99. The van der Waals surface area contributed by atoms with Gasteiger partial charge in [-0.2, -0.15) is 0 Å². The van der Waals surface area contributed by atoms with Crippen molar-refractivity contribution >= 4 is 11.6 Å². The van der Waals surface area contributed by atoms with E-state index < -0.39 is 0 Å². The van der Waals surface area contributed by atoms with Crippen molar-refractivity contribution in [3.8, 4) is 0 Å². The van der Waals surface area contributed by atoms with Crippen LogP contribution in [0.3, 0.4) is 0 Å². The Bertz CT molecular complexity index is 492. The molecule has 0 atom stereocenters. The summed E-state index contributed by atoms with van der Waals surface area (Å²) in [6.45, 7) is 11.1. The molecular weight excluding hydrogens is 260 g/mol. The number of hydrogen-bond acceptors (Lipinski definition) is 4. The summed E-state index contributed by atoms with van der Waals surface area (Å²) in [5.74, 6) is 2.34. The molecule has 0 bridgehead atoms. The van der Waals surface area contributed by atoms with E-state index in [2.05, 4.69) is 51.6 Å². The van der Waals surface area contributed by atoms with Gasteiger partial charge >= 0.3 is 0 Å². The number of hydrogen-bond donors (Lipinski definition) is 1. The lowest BCUT2D eigenvalue weighted by Crippen LogP contribution is -2.38. The van der Waals surface area contributed by atoms with Crippen LogP contribution in [0.15, 0.2) is 6.07 Å². The number of nitrogens with two attached hydrogens (primary N) is 1. The molecule has 1 heterocycles. The molecular formula is C17H30N4. The van der Waals surface area contributed by atoms with Crippen molar-refractivity contribution in [3.05, 3.63) is 11.9 Å². The van der Waals surface area contributed by atoms with Gasteiger partial charge < -0.3 is 10.6 Å². The molecule has 4 nitrogen and oxygen atoms in total. The summed E-state index contributed by atoms with van der Waals surface area (Å²) in [5, 5.41) is 0. The SMILES string of the molecule is CN(c1cc(N)nc(C(C)(C)C)n1)C1CCC(C)(C)CC1. The molecule has 1 aliphatic carbocycles. The van der Waals surface area contributed by atoms with Crippen LogP contribution in [0.1, 0.15) is 66.1 Å². The van der Waals surface area contributed by atoms with Gasteiger partial charge in [0, 0.05) is 24.6 Å². The molecule has 0 amide bonds. The molecule has 0 radical (unpaired) electrons. The summed E-state index contributed by atoms with van der Waals surface area (Å²) in [6, 6.07) is 2.45. The minimum atomic E-state index is -0.0838. The van der Waals surface area contributed by atoms with Crippen LogP contribution in [0.5, 0.6) is 0 Å². The van der Waals surface area contributed by atoms with Crippen LogP contribution in [-0.2, 0) is 5.41 Å². The normalized spacial score (nSPS) is 19.5. The third-order valence-electron chi connectivity index (χ3n) is 4.62. The van der Waals surface area contributed by atoms with Crippen LogP contribution >= 0.6 is 0 Å². The zero-order valence-electron chi connectivity index (χ0n) is 14.4. The minimum Gasteiger partial charge on any atom is -0.384 e. The highest BCUT2D eigenvalue weighted by molar-refractivity contribution is 5.48. The molecule has 0 aromatic carbocycles. The van der Waals surface area contributed by atoms with Gasteiger partial charge in [0.2, 0.25) is 0 Å².